The van der Waals surface area contributed by atoms with Crippen LogP contribution >= 0.6 is 0 Å². The first-order valence-electron chi connectivity index (χ1n) is 5.88. The Morgan fingerprint density at radius 3 is 2.71 bits per heavy atom. The molecule has 0 spiro atoms. The van der Waals surface area contributed by atoms with Gasteiger partial charge < -0.3 is 14.8 Å². The van der Waals surface area contributed by atoms with E-state index in [2.05, 4.69) is 24.8 Å². The third-order valence-corrected chi connectivity index (χ3v) is 2.63. The molecule has 21 heavy (non-hydrogen) atoms. The molecule has 0 bridgehead atoms. The Kier molecular flexibility index (Phi) is 2.83. The van der Waals surface area contributed by atoms with Crippen LogP contribution in [0.25, 0.3) is 0 Å². The molecule has 6 nitrogen and oxygen atoms in total. The Balaban J connectivity index is 1.87. The third-order valence-electron chi connectivity index (χ3n) is 2.63. The highest BCUT2D eigenvalue weighted by atomic mass is 19.3. The number of aryl methyl sites for hydroxylation is 1. The lowest BCUT2D eigenvalue weighted by Gasteiger charge is -2.06. The van der Waals surface area contributed by atoms with Crippen LogP contribution in [0.5, 0.6) is 11.5 Å². The van der Waals surface area contributed by atoms with Gasteiger partial charge in [-0.15, -0.1) is 8.78 Å². The van der Waals surface area contributed by atoms with Gasteiger partial charge in [0.05, 0.1) is 0 Å². The summed E-state index contributed by atoms with van der Waals surface area (Å²) in [5.41, 5.74) is 1.25. The van der Waals surface area contributed by atoms with Crippen molar-refractivity contribution in [2.45, 2.75) is 13.2 Å². The summed E-state index contributed by atoms with van der Waals surface area (Å²) in [4.78, 5) is 8.07. The van der Waals surface area contributed by atoms with E-state index in [-0.39, 0.29) is 23.1 Å². The van der Waals surface area contributed by atoms with E-state index in [0.29, 0.717) is 11.4 Å². The van der Waals surface area contributed by atoms with Crippen molar-refractivity contribution in [3.63, 3.8) is 0 Å². The number of rotatable bonds is 2. The Morgan fingerprint density at radius 1 is 1.19 bits per heavy atom. The monoisotopic (exact) mass is 290 g/mol. The molecular formula is C13H8F2N4O2. The molecule has 0 unspecified atom stereocenters. The summed E-state index contributed by atoms with van der Waals surface area (Å²) in [5.74, 6) is 0.0590. The fourth-order valence-electron chi connectivity index (χ4n) is 1.84. The number of benzene rings is 1. The summed E-state index contributed by atoms with van der Waals surface area (Å²) in [6.07, 6.45) is -3.66. The van der Waals surface area contributed by atoms with Gasteiger partial charge in [0.25, 0.3) is 0 Å². The van der Waals surface area contributed by atoms with Crippen molar-refractivity contribution in [2.75, 3.05) is 5.32 Å². The van der Waals surface area contributed by atoms with Crippen LogP contribution in [0.15, 0.2) is 24.3 Å². The van der Waals surface area contributed by atoms with Crippen LogP contribution in [0, 0.1) is 18.3 Å². The number of nitriles is 1. The molecule has 0 saturated carbocycles. The smallest absolute Gasteiger partial charge is 0.395 e. The summed E-state index contributed by atoms with van der Waals surface area (Å²) in [6.45, 7) is 1.72. The van der Waals surface area contributed by atoms with E-state index in [1.54, 1.807) is 6.92 Å². The summed E-state index contributed by atoms with van der Waals surface area (Å²) in [6, 6.07) is 7.65. The number of nitrogens with one attached hydrogen (secondary N) is 1. The minimum absolute atomic E-state index is 0.0478. The number of aromatic nitrogens is 2. The number of anilines is 2. The van der Waals surface area contributed by atoms with Crippen molar-refractivity contribution in [1.29, 1.82) is 5.26 Å². The molecule has 1 aliphatic rings. The lowest BCUT2D eigenvalue weighted by Crippen LogP contribution is -2.25. The predicted molar refractivity (Wildman–Crippen MR) is 67.4 cm³/mol. The standard InChI is InChI=1S/C13H8F2N4O2/c1-7-4-9(6-16)19-12(17-7)18-8-2-3-10-11(5-8)21-13(14,15)20-10/h2-5H,1H3,(H,17,18,19). The molecule has 1 aliphatic heterocycles. The van der Waals surface area contributed by atoms with Gasteiger partial charge in [-0.2, -0.15) is 5.26 Å². The molecule has 0 saturated heterocycles. The molecule has 106 valence electrons. The molecule has 0 amide bonds. The minimum Gasteiger partial charge on any atom is -0.395 e. The van der Waals surface area contributed by atoms with E-state index in [1.807, 2.05) is 6.07 Å². The number of hydrogen-bond donors (Lipinski definition) is 1. The first-order valence-corrected chi connectivity index (χ1v) is 5.88. The van der Waals surface area contributed by atoms with Gasteiger partial charge in [0.2, 0.25) is 5.95 Å². The van der Waals surface area contributed by atoms with E-state index >= 15 is 0 Å². The van der Waals surface area contributed by atoms with E-state index in [1.165, 1.54) is 24.3 Å². The van der Waals surface area contributed by atoms with Crippen LogP contribution in [0.1, 0.15) is 11.4 Å². The summed E-state index contributed by atoms with van der Waals surface area (Å²) in [5, 5.41) is 11.7. The van der Waals surface area contributed by atoms with Crippen LogP contribution in [0.2, 0.25) is 0 Å². The maximum atomic E-state index is 12.9. The third kappa shape index (κ3) is 2.67. The Hall–Kier alpha value is -2.95. The number of nitrogens with zero attached hydrogens (tertiary/aromatic N) is 3. The normalized spacial score (nSPS) is 14.6. The lowest BCUT2D eigenvalue weighted by atomic mass is 10.3. The van der Waals surface area contributed by atoms with Gasteiger partial charge in [0.15, 0.2) is 11.5 Å². The van der Waals surface area contributed by atoms with E-state index < -0.39 is 6.29 Å². The molecule has 0 radical (unpaired) electrons. The van der Waals surface area contributed by atoms with E-state index in [0.717, 1.165) is 0 Å². The number of alkyl halides is 2. The molecule has 0 aliphatic carbocycles. The van der Waals surface area contributed by atoms with Crippen molar-refractivity contribution >= 4 is 11.6 Å². The van der Waals surface area contributed by atoms with Crippen LogP contribution in [0.4, 0.5) is 20.4 Å². The largest absolute Gasteiger partial charge is 0.586 e. The first kappa shape index (κ1) is 13.1. The molecule has 1 aromatic heterocycles. The highest BCUT2D eigenvalue weighted by Gasteiger charge is 2.43. The molecule has 2 aromatic rings. The maximum Gasteiger partial charge on any atom is 0.586 e. The van der Waals surface area contributed by atoms with Crippen molar-refractivity contribution in [3.05, 3.63) is 35.7 Å². The zero-order chi connectivity index (χ0) is 15.0. The van der Waals surface area contributed by atoms with Crippen molar-refractivity contribution in [1.82, 2.24) is 9.97 Å². The van der Waals surface area contributed by atoms with Crippen LogP contribution in [-0.4, -0.2) is 16.3 Å². The predicted octanol–water partition coefficient (Wildman–Crippen LogP) is 2.72. The fraction of sp³-hybridized carbons (Fsp3) is 0.154. The quantitative estimate of drug-likeness (QED) is 0.916. The van der Waals surface area contributed by atoms with Crippen LogP contribution in [0.3, 0.4) is 0 Å². The second-order valence-electron chi connectivity index (χ2n) is 4.28. The number of hydrogen-bond acceptors (Lipinski definition) is 6. The minimum atomic E-state index is -3.66. The van der Waals surface area contributed by atoms with Gasteiger partial charge in [0, 0.05) is 17.4 Å². The van der Waals surface area contributed by atoms with Crippen molar-refractivity contribution < 1.29 is 18.3 Å². The Labute approximate surface area is 118 Å². The zero-order valence-electron chi connectivity index (χ0n) is 10.7. The second-order valence-corrected chi connectivity index (χ2v) is 4.28. The fourth-order valence-corrected chi connectivity index (χ4v) is 1.84. The topological polar surface area (TPSA) is 80.1 Å². The molecular weight excluding hydrogens is 282 g/mol. The van der Waals surface area contributed by atoms with Crippen LogP contribution < -0.4 is 14.8 Å². The molecule has 1 aromatic carbocycles. The Bertz CT molecular complexity index is 758. The van der Waals surface area contributed by atoms with Gasteiger partial charge in [-0.05, 0) is 25.1 Å². The SMILES string of the molecule is Cc1cc(C#N)nc(Nc2ccc3c(c2)OC(F)(F)O3)n1. The van der Waals surface area contributed by atoms with Gasteiger partial charge >= 0.3 is 6.29 Å². The summed E-state index contributed by atoms with van der Waals surface area (Å²) >= 11 is 0. The maximum absolute atomic E-state index is 12.9. The van der Waals surface area contributed by atoms with Gasteiger partial charge in [-0.3, -0.25) is 0 Å². The molecule has 3 rings (SSSR count). The summed E-state index contributed by atoms with van der Waals surface area (Å²) in [7, 11) is 0. The highest BCUT2D eigenvalue weighted by Crippen LogP contribution is 2.42. The van der Waals surface area contributed by atoms with E-state index in [4.69, 9.17) is 5.26 Å². The Morgan fingerprint density at radius 2 is 1.95 bits per heavy atom. The number of ether oxygens (including phenoxy) is 2. The molecule has 1 N–H and O–H groups in total. The highest BCUT2D eigenvalue weighted by molar-refractivity contribution is 5.60. The average Bonchev–Trinajstić information content (AvgIpc) is 2.71. The average molecular weight is 290 g/mol. The summed E-state index contributed by atoms with van der Waals surface area (Å²) < 4.78 is 34.5. The van der Waals surface area contributed by atoms with Gasteiger partial charge in [0.1, 0.15) is 11.8 Å². The first-order chi connectivity index (χ1) is 9.95. The lowest BCUT2D eigenvalue weighted by molar-refractivity contribution is -0.286. The molecule has 2 heterocycles. The van der Waals surface area contributed by atoms with E-state index in [9.17, 15) is 8.78 Å². The van der Waals surface area contributed by atoms with Gasteiger partial charge in [-0.25, -0.2) is 9.97 Å². The van der Waals surface area contributed by atoms with Gasteiger partial charge in [-0.1, -0.05) is 0 Å². The van der Waals surface area contributed by atoms with Crippen LogP contribution in [-0.2, 0) is 0 Å². The number of fused-ring (bicyclic) bond motifs is 1. The molecule has 0 atom stereocenters. The van der Waals surface area contributed by atoms with Crippen molar-refractivity contribution in [2.24, 2.45) is 0 Å². The molecule has 8 heteroatoms. The second kappa shape index (κ2) is 4.56. The molecule has 0 fully saturated rings. The van der Waals surface area contributed by atoms with Crippen molar-refractivity contribution in [3.8, 4) is 17.6 Å². The zero-order valence-corrected chi connectivity index (χ0v) is 10.7. The number of halogens is 2.